The van der Waals surface area contributed by atoms with Gasteiger partial charge in [-0.25, -0.2) is 0 Å². The molecule has 2 aliphatic rings. The monoisotopic (exact) mass is 516 g/mol. The Bertz CT molecular complexity index is 1170. The minimum absolute atomic E-state index is 0.00513. The predicted octanol–water partition coefficient (Wildman–Crippen LogP) is 5.55. The number of para-hydroxylation sites is 1. The topological polar surface area (TPSA) is 71.7 Å². The fourth-order valence-electron chi connectivity index (χ4n) is 5.97. The first-order chi connectivity index (χ1) is 18.6. The smallest absolute Gasteiger partial charge is 0.276 e. The number of rotatable bonds is 5. The lowest BCUT2D eigenvalue weighted by Gasteiger charge is -2.44. The van der Waals surface area contributed by atoms with Crippen LogP contribution in [0.1, 0.15) is 73.0 Å². The van der Waals surface area contributed by atoms with Crippen LogP contribution in [0.5, 0.6) is 5.75 Å². The quantitative estimate of drug-likeness (QED) is 0.443. The third kappa shape index (κ3) is 6.62. The van der Waals surface area contributed by atoms with Crippen molar-refractivity contribution < 1.29 is 14.1 Å². The normalized spacial score (nSPS) is 18.7. The molecule has 0 saturated carbocycles. The van der Waals surface area contributed by atoms with E-state index in [-0.39, 0.29) is 11.3 Å². The van der Waals surface area contributed by atoms with Crippen molar-refractivity contribution in [1.29, 1.82) is 0 Å². The van der Waals surface area contributed by atoms with E-state index in [1.807, 2.05) is 23.2 Å². The number of pyridine rings is 1. The molecule has 7 heteroatoms. The van der Waals surface area contributed by atoms with E-state index in [0.717, 1.165) is 88.5 Å². The van der Waals surface area contributed by atoms with E-state index >= 15 is 0 Å². The molecule has 1 amide bonds. The third-order valence-electron chi connectivity index (χ3n) is 8.10. The second kappa shape index (κ2) is 12.6. The number of aryl methyl sites for hydroxylation is 2. The molecular weight excluding hydrogens is 476 g/mol. The van der Waals surface area contributed by atoms with E-state index in [0.29, 0.717) is 12.3 Å². The third-order valence-corrected chi connectivity index (χ3v) is 8.10. The number of likely N-dealkylation sites (tertiary alicyclic amines) is 1. The Morgan fingerprint density at radius 2 is 1.87 bits per heavy atom. The molecule has 0 aliphatic carbocycles. The Labute approximate surface area is 226 Å². The summed E-state index contributed by atoms with van der Waals surface area (Å²) in [5.74, 6) is 1.80. The molecule has 1 spiro atoms. The minimum Gasteiger partial charge on any atom is -0.492 e. The summed E-state index contributed by atoms with van der Waals surface area (Å²) >= 11 is 0. The summed E-state index contributed by atoms with van der Waals surface area (Å²) in [6.45, 7) is 6.89. The number of aromatic nitrogens is 2. The summed E-state index contributed by atoms with van der Waals surface area (Å²) < 4.78 is 11.7. The van der Waals surface area contributed by atoms with Crippen LogP contribution in [0.25, 0.3) is 0 Å². The van der Waals surface area contributed by atoms with Gasteiger partial charge in [0.25, 0.3) is 5.91 Å². The standard InChI is InChI=1S/C31H40N4O3/c1-2-9-27-22-28(33-38-27)30(36)35-18-15-31(16-19-35)14-7-5-11-25-10-3-4-13-29(25)37-21-20-34(24-31)23-26-12-6-8-17-32-26/h3-4,6,8,10,12-13,17,22H,2,5,7,9,11,14-16,18-21,23-24H2,1H3. The SMILES string of the molecule is CCCc1cc(C(=O)N2CCC3(CCCCc4ccccc4OCCN(Cc4ccccn4)C3)CC2)no1. The largest absolute Gasteiger partial charge is 0.492 e. The zero-order valence-corrected chi connectivity index (χ0v) is 22.6. The Balaban J connectivity index is 1.30. The van der Waals surface area contributed by atoms with Gasteiger partial charge in [-0.15, -0.1) is 0 Å². The van der Waals surface area contributed by atoms with Crippen LogP contribution >= 0.6 is 0 Å². The molecule has 2 aromatic heterocycles. The first-order valence-corrected chi connectivity index (χ1v) is 14.2. The summed E-state index contributed by atoms with van der Waals surface area (Å²) in [5.41, 5.74) is 2.99. The Morgan fingerprint density at radius 3 is 2.68 bits per heavy atom. The number of nitrogens with zero attached hydrogens (tertiary/aromatic N) is 4. The fourth-order valence-corrected chi connectivity index (χ4v) is 5.97. The van der Waals surface area contributed by atoms with E-state index in [1.165, 1.54) is 18.4 Å². The number of fused-ring (bicyclic) bond motifs is 1. The van der Waals surface area contributed by atoms with Crippen molar-refractivity contribution in [2.24, 2.45) is 5.41 Å². The van der Waals surface area contributed by atoms with E-state index in [1.54, 1.807) is 0 Å². The van der Waals surface area contributed by atoms with Crippen LogP contribution in [0.3, 0.4) is 0 Å². The lowest BCUT2D eigenvalue weighted by atomic mass is 9.73. The van der Waals surface area contributed by atoms with Crippen molar-refractivity contribution in [2.45, 2.75) is 64.8 Å². The summed E-state index contributed by atoms with van der Waals surface area (Å²) in [6.07, 6.45) is 10.2. The molecule has 1 aromatic carbocycles. The number of amides is 1. The van der Waals surface area contributed by atoms with Gasteiger partial charge in [-0.05, 0) is 67.7 Å². The highest BCUT2D eigenvalue weighted by molar-refractivity contribution is 5.92. The maximum atomic E-state index is 13.2. The highest BCUT2D eigenvalue weighted by Gasteiger charge is 2.38. The molecule has 0 bridgehead atoms. The summed E-state index contributed by atoms with van der Waals surface area (Å²) in [7, 11) is 0. The van der Waals surface area contributed by atoms with Crippen molar-refractivity contribution in [3.05, 3.63) is 77.4 Å². The molecule has 1 saturated heterocycles. The molecule has 2 aliphatic heterocycles. The molecule has 0 N–H and O–H groups in total. The highest BCUT2D eigenvalue weighted by Crippen LogP contribution is 2.39. The van der Waals surface area contributed by atoms with E-state index in [9.17, 15) is 4.79 Å². The van der Waals surface area contributed by atoms with Crippen LogP contribution in [0.2, 0.25) is 0 Å². The van der Waals surface area contributed by atoms with E-state index < -0.39 is 0 Å². The van der Waals surface area contributed by atoms with Gasteiger partial charge < -0.3 is 14.2 Å². The molecule has 38 heavy (non-hydrogen) atoms. The average molecular weight is 517 g/mol. The molecule has 1 fully saturated rings. The van der Waals surface area contributed by atoms with Gasteiger partial charge in [-0.3, -0.25) is 14.7 Å². The molecule has 7 nitrogen and oxygen atoms in total. The van der Waals surface area contributed by atoms with Gasteiger partial charge in [0.2, 0.25) is 0 Å². The van der Waals surface area contributed by atoms with Gasteiger partial charge in [-0.1, -0.05) is 42.8 Å². The maximum Gasteiger partial charge on any atom is 0.276 e. The second-order valence-corrected chi connectivity index (χ2v) is 10.9. The molecule has 5 rings (SSSR count). The van der Waals surface area contributed by atoms with Crippen LogP contribution in [0.4, 0.5) is 0 Å². The first-order valence-electron chi connectivity index (χ1n) is 14.2. The van der Waals surface area contributed by atoms with Gasteiger partial charge in [0, 0.05) is 51.4 Å². The second-order valence-electron chi connectivity index (χ2n) is 10.9. The van der Waals surface area contributed by atoms with Gasteiger partial charge in [0.05, 0.1) is 5.69 Å². The van der Waals surface area contributed by atoms with Gasteiger partial charge in [-0.2, -0.15) is 0 Å². The summed E-state index contributed by atoms with van der Waals surface area (Å²) in [6, 6.07) is 16.4. The summed E-state index contributed by atoms with van der Waals surface area (Å²) in [5, 5.41) is 4.07. The van der Waals surface area contributed by atoms with Crippen molar-refractivity contribution >= 4 is 5.91 Å². The lowest BCUT2D eigenvalue weighted by Crippen LogP contribution is -2.48. The van der Waals surface area contributed by atoms with E-state index in [4.69, 9.17) is 9.26 Å². The maximum absolute atomic E-state index is 13.2. The van der Waals surface area contributed by atoms with E-state index in [2.05, 4.69) is 58.4 Å². The molecule has 3 aromatic rings. The van der Waals surface area contributed by atoms with Crippen LogP contribution in [-0.2, 0) is 19.4 Å². The average Bonchev–Trinajstić information content (AvgIpc) is 3.41. The number of carbonyl (C=O) groups excluding carboxylic acids is 1. The molecule has 202 valence electrons. The molecular formula is C31H40N4O3. The van der Waals surface area contributed by atoms with Crippen molar-refractivity contribution in [3.8, 4) is 5.75 Å². The lowest BCUT2D eigenvalue weighted by molar-refractivity contribution is 0.0353. The number of carbonyl (C=O) groups is 1. The zero-order chi connectivity index (χ0) is 26.2. The van der Waals surface area contributed by atoms with Gasteiger partial charge >= 0.3 is 0 Å². The van der Waals surface area contributed by atoms with Crippen molar-refractivity contribution in [2.75, 3.05) is 32.8 Å². The van der Waals surface area contributed by atoms with Crippen molar-refractivity contribution in [1.82, 2.24) is 19.9 Å². The number of hydrogen-bond acceptors (Lipinski definition) is 6. The predicted molar refractivity (Wildman–Crippen MR) is 147 cm³/mol. The number of piperidine rings is 1. The van der Waals surface area contributed by atoms with Crippen LogP contribution in [0.15, 0.2) is 59.3 Å². The molecule has 0 radical (unpaired) electrons. The Hall–Kier alpha value is -3.19. The number of ether oxygens (including phenoxy) is 1. The number of hydrogen-bond donors (Lipinski definition) is 0. The van der Waals surface area contributed by atoms with Crippen LogP contribution in [-0.4, -0.2) is 58.6 Å². The fraction of sp³-hybridized carbons (Fsp3) is 0.516. The number of benzene rings is 1. The van der Waals surface area contributed by atoms with Crippen LogP contribution < -0.4 is 4.74 Å². The van der Waals surface area contributed by atoms with Crippen LogP contribution in [0, 0.1) is 5.41 Å². The Morgan fingerprint density at radius 1 is 1.03 bits per heavy atom. The molecule has 4 heterocycles. The first kappa shape index (κ1) is 26.4. The van der Waals surface area contributed by atoms with Gasteiger partial charge in [0.15, 0.2) is 5.69 Å². The zero-order valence-electron chi connectivity index (χ0n) is 22.6. The Kier molecular flexibility index (Phi) is 8.74. The minimum atomic E-state index is -0.00513. The highest BCUT2D eigenvalue weighted by atomic mass is 16.5. The van der Waals surface area contributed by atoms with Gasteiger partial charge in [0.1, 0.15) is 18.1 Å². The molecule has 0 atom stereocenters. The van der Waals surface area contributed by atoms with Crippen molar-refractivity contribution in [3.63, 3.8) is 0 Å². The summed E-state index contributed by atoms with van der Waals surface area (Å²) in [4.78, 5) is 22.3. The molecule has 0 unspecified atom stereocenters.